The maximum atomic E-state index is 13.3. The van der Waals surface area contributed by atoms with Gasteiger partial charge in [-0.25, -0.2) is 9.37 Å². The SMILES string of the molecule is CCC(C)(CC)n1c(CCl)nc2cc(F)ccc21. The number of aromatic nitrogens is 2. The van der Waals surface area contributed by atoms with Crippen LogP contribution in [0.15, 0.2) is 18.2 Å². The van der Waals surface area contributed by atoms with Crippen LogP contribution in [0.25, 0.3) is 11.0 Å². The van der Waals surface area contributed by atoms with Gasteiger partial charge in [-0.3, -0.25) is 0 Å². The van der Waals surface area contributed by atoms with Gasteiger partial charge in [-0.15, -0.1) is 11.6 Å². The van der Waals surface area contributed by atoms with Crippen LogP contribution in [0.4, 0.5) is 4.39 Å². The molecular weight excluding hydrogens is 251 g/mol. The summed E-state index contributed by atoms with van der Waals surface area (Å²) >= 11 is 5.99. The predicted molar refractivity (Wildman–Crippen MR) is 73.5 cm³/mol. The lowest BCUT2D eigenvalue weighted by Crippen LogP contribution is -2.29. The molecule has 18 heavy (non-hydrogen) atoms. The van der Waals surface area contributed by atoms with Crippen molar-refractivity contribution in [3.63, 3.8) is 0 Å². The molecule has 0 aliphatic carbocycles. The summed E-state index contributed by atoms with van der Waals surface area (Å²) < 4.78 is 15.4. The monoisotopic (exact) mass is 268 g/mol. The Hall–Kier alpha value is -1.09. The minimum atomic E-state index is -0.261. The van der Waals surface area contributed by atoms with Gasteiger partial charge >= 0.3 is 0 Å². The third-order valence-corrected chi connectivity index (χ3v) is 4.11. The van der Waals surface area contributed by atoms with Gasteiger partial charge in [0, 0.05) is 11.6 Å². The molecule has 0 aliphatic heterocycles. The lowest BCUT2D eigenvalue weighted by molar-refractivity contribution is 0.296. The van der Waals surface area contributed by atoms with Crippen molar-refractivity contribution in [2.45, 2.75) is 45.0 Å². The summed E-state index contributed by atoms with van der Waals surface area (Å²) in [4.78, 5) is 4.45. The lowest BCUT2D eigenvalue weighted by atomic mass is 9.94. The number of rotatable bonds is 4. The van der Waals surface area contributed by atoms with Gasteiger partial charge in [0.05, 0.1) is 16.9 Å². The maximum absolute atomic E-state index is 13.3. The molecule has 0 saturated heterocycles. The molecular formula is C14H18ClFN2. The minimum Gasteiger partial charge on any atom is -0.321 e. The van der Waals surface area contributed by atoms with Crippen LogP contribution in [-0.4, -0.2) is 9.55 Å². The number of hydrogen-bond acceptors (Lipinski definition) is 1. The van der Waals surface area contributed by atoms with Gasteiger partial charge in [-0.1, -0.05) is 13.8 Å². The molecule has 2 rings (SSSR count). The van der Waals surface area contributed by atoms with E-state index >= 15 is 0 Å². The zero-order valence-corrected chi connectivity index (χ0v) is 11.8. The van der Waals surface area contributed by atoms with E-state index in [1.807, 2.05) is 0 Å². The van der Waals surface area contributed by atoms with Gasteiger partial charge < -0.3 is 4.57 Å². The lowest BCUT2D eigenvalue weighted by Gasteiger charge is -2.31. The highest BCUT2D eigenvalue weighted by Crippen LogP contribution is 2.31. The van der Waals surface area contributed by atoms with E-state index in [0.29, 0.717) is 11.4 Å². The first kappa shape index (κ1) is 13.3. The van der Waals surface area contributed by atoms with Crippen LogP contribution in [0.2, 0.25) is 0 Å². The second-order valence-electron chi connectivity index (χ2n) is 4.83. The molecule has 0 bridgehead atoms. The summed E-state index contributed by atoms with van der Waals surface area (Å²) in [5.41, 5.74) is 1.61. The quantitative estimate of drug-likeness (QED) is 0.749. The van der Waals surface area contributed by atoms with Crippen LogP contribution < -0.4 is 0 Å². The van der Waals surface area contributed by atoms with Gasteiger partial charge in [0.25, 0.3) is 0 Å². The average molecular weight is 269 g/mol. The van der Waals surface area contributed by atoms with Crippen molar-refractivity contribution in [2.24, 2.45) is 0 Å². The molecule has 1 heterocycles. The summed E-state index contributed by atoms with van der Waals surface area (Å²) in [7, 11) is 0. The highest BCUT2D eigenvalue weighted by Gasteiger charge is 2.27. The summed E-state index contributed by atoms with van der Waals surface area (Å²) in [6.45, 7) is 6.49. The standard InChI is InChI=1S/C14H18ClFN2/c1-4-14(3,5-2)18-12-7-6-10(16)8-11(12)17-13(18)9-15/h6-8H,4-5,9H2,1-3H3. The molecule has 2 nitrogen and oxygen atoms in total. The van der Waals surface area contributed by atoms with Crippen molar-refractivity contribution in [3.8, 4) is 0 Å². The Balaban J connectivity index is 2.75. The van der Waals surface area contributed by atoms with E-state index in [9.17, 15) is 4.39 Å². The fourth-order valence-electron chi connectivity index (χ4n) is 2.36. The normalized spacial score (nSPS) is 12.3. The highest BCUT2D eigenvalue weighted by molar-refractivity contribution is 6.16. The van der Waals surface area contributed by atoms with Gasteiger partial charge in [-0.05, 0) is 31.9 Å². The van der Waals surface area contributed by atoms with Crippen LogP contribution in [0.3, 0.4) is 0 Å². The number of nitrogens with zero attached hydrogens (tertiary/aromatic N) is 2. The molecule has 0 amide bonds. The molecule has 0 saturated carbocycles. The van der Waals surface area contributed by atoms with Crippen LogP contribution in [0.5, 0.6) is 0 Å². The molecule has 0 unspecified atom stereocenters. The molecule has 0 spiro atoms. The van der Waals surface area contributed by atoms with Gasteiger partial charge in [0.15, 0.2) is 0 Å². The van der Waals surface area contributed by atoms with Gasteiger partial charge in [0.2, 0.25) is 0 Å². The number of benzene rings is 1. The number of fused-ring (bicyclic) bond motifs is 1. The summed E-state index contributed by atoms with van der Waals surface area (Å²) in [6.07, 6.45) is 1.96. The van der Waals surface area contributed by atoms with Crippen molar-refractivity contribution in [1.29, 1.82) is 0 Å². The molecule has 0 fully saturated rings. The zero-order valence-electron chi connectivity index (χ0n) is 11.0. The second-order valence-corrected chi connectivity index (χ2v) is 5.10. The molecule has 1 aromatic heterocycles. The summed E-state index contributed by atoms with van der Waals surface area (Å²) in [6, 6.07) is 4.73. The summed E-state index contributed by atoms with van der Waals surface area (Å²) in [5.74, 6) is 0.887. The first-order valence-electron chi connectivity index (χ1n) is 6.29. The predicted octanol–water partition coefficient (Wildman–Crippen LogP) is 4.45. The van der Waals surface area contributed by atoms with E-state index in [1.165, 1.54) is 12.1 Å². The average Bonchev–Trinajstić information content (AvgIpc) is 2.75. The molecule has 0 radical (unpaired) electrons. The molecule has 4 heteroatoms. The second kappa shape index (κ2) is 4.88. The molecule has 0 atom stereocenters. The van der Waals surface area contributed by atoms with E-state index in [4.69, 9.17) is 11.6 Å². The topological polar surface area (TPSA) is 17.8 Å². The van der Waals surface area contributed by atoms with E-state index < -0.39 is 0 Å². The molecule has 1 aromatic carbocycles. The van der Waals surface area contributed by atoms with Crippen LogP contribution in [-0.2, 0) is 11.4 Å². The number of imidazole rings is 1. The molecule has 98 valence electrons. The fourth-order valence-corrected chi connectivity index (χ4v) is 2.54. The van der Waals surface area contributed by atoms with E-state index in [-0.39, 0.29) is 11.4 Å². The van der Waals surface area contributed by atoms with E-state index in [0.717, 1.165) is 24.2 Å². The highest BCUT2D eigenvalue weighted by atomic mass is 35.5. The zero-order chi connectivity index (χ0) is 13.3. The van der Waals surface area contributed by atoms with Crippen molar-refractivity contribution in [2.75, 3.05) is 0 Å². The molecule has 0 aliphatic rings. The Morgan fingerprint density at radius 2 is 2.00 bits per heavy atom. The van der Waals surface area contributed by atoms with Crippen molar-refractivity contribution < 1.29 is 4.39 Å². The van der Waals surface area contributed by atoms with Gasteiger partial charge in [-0.2, -0.15) is 0 Å². The van der Waals surface area contributed by atoms with Crippen LogP contribution >= 0.6 is 11.6 Å². The Bertz CT molecular complexity index is 558. The van der Waals surface area contributed by atoms with E-state index in [1.54, 1.807) is 6.07 Å². The number of alkyl halides is 1. The van der Waals surface area contributed by atoms with Crippen LogP contribution in [0, 0.1) is 5.82 Å². The number of halogens is 2. The van der Waals surface area contributed by atoms with Crippen molar-refractivity contribution in [3.05, 3.63) is 29.8 Å². The smallest absolute Gasteiger partial charge is 0.125 e. The molecule has 2 aromatic rings. The fraction of sp³-hybridized carbons (Fsp3) is 0.500. The number of hydrogen-bond donors (Lipinski definition) is 0. The Kier molecular flexibility index (Phi) is 3.62. The first-order valence-corrected chi connectivity index (χ1v) is 6.82. The minimum absolute atomic E-state index is 0.0309. The summed E-state index contributed by atoms with van der Waals surface area (Å²) in [5, 5.41) is 0. The third kappa shape index (κ3) is 2.01. The van der Waals surface area contributed by atoms with E-state index in [2.05, 4.69) is 30.3 Å². The first-order chi connectivity index (χ1) is 8.55. The molecule has 0 N–H and O–H groups in total. The maximum Gasteiger partial charge on any atom is 0.125 e. The van der Waals surface area contributed by atoms with Crippen LogP contribution in [0.1, 0.15) is 39.4 Å². The van der Waals surface area contributed by atoms with Gasteiger partial charge in [0.1, 0.15) is 11.6 Å². The Labute approximate surface area is 112 Å². The van der Waals surface area contributed by atoms with Crippen molar-refractivity contribution >= 4 is 22.6 Å². The Morgan fingerprint density at radius 3 is 2.56 bits per heavy atom. The largest absolute Gasteiger partial charge is 0.321 e. The third-order valence-electron chi connectivity index (χ3n) is 3.87. The van der Waals surface area contributed by atoms with Crippen molar-refractivity contribution in [1.82, 2.24) is 9.55 Å². The Morgan fingerprint density at radius 1 is 1.33 bits per heavy atom.